The zero-order valence-corrected chi connectivity index (χ0v) is 20.4. The Hall–Kier alpha value is -2.89. The van der Waals surface area contributed by atoms with Crippen LogP contribution in [-0.4, -0.2) is 61.4 Å². The molecule has 5 rings (SSSR count). The zero-order valence-electron chi connectivity index (χ0n) is 20.4. The van der Waals surface area contributed by atoms with Gasteiger partial charge in [-0.3, -0.25) is 4.79 Å². The highest BCUT2D eigenvalue weighted by atomic mass is 16.5. The first-order chi connectivity index (χ1) is 16.3. The molecular weight excluding hydrogens is 424 g/mol. The third-order valence-corrected chi connectivity index (χ3v) is 8.33. The molecule has 178 valence electrons. The van der Waals surface area contributed by atoms with Crippen molar-refractivity contribution in [2.45, 2.75) is 42.7 Å². The van der Waals surface area contributed by atoms with Gasteiger partial charge in [-0.2, -0.15) is 0 Å². The Morgan fingerprint density at radius 2 is 1.82 bits per heavy atom. The molecule has 1 amide bonds. The van der Waals surface area contributed by atoms with Crippen molar-refractivity contribution in [3.8, 4) is 5.75 Å². The van der Waals surface area contributed by atoms with E-state index in [2.05, 4.69) is 31.5 Å². The smallest absolute Gasteiger partial charge is 0.251 e. The molecule has 5 heteroatoms. The van der Waals surface area contributed by atoms with Gasteiger partial charge in [-0.25, -0.2) is 0 Å². The van der Waals surface area contributed by atoms with E-state index in [0.29, 0.717) is 5.56 Å². The number of ether oxygens (including phenoxy) is 1. The van der Waals surface area contributed by atoms with Crippen molar-refractivity contribution in [2.24, 2.45) is 0 Å². The number of carbonyl (C=O) groups is 1. The average Bonchev–Trinajstić information content (AvgIpc) is 2.83. The normalized spacial score (nSPS) is 28.3. The number of nitrogens with zero attached hydrogens (tertiary/aromatic N) is 1. The molecule has 0 spiro atoms. The lowest BCUT2D eigenvalue weighted by Crippen LogP contribution is -2.71. The van der Waals surface area contributed by atoms with E-state index in [1.54, 1.807) is 6.07 Å². The van der Waals surface area contributed by atoms with Crippen molar-refractivity contribution in [2.75, 3.05) is 34.3 Å². The Bertz CT molecular complexity index is 1220. The summed E-state index contributed by atoms with van der Waals surface area (Å²) in [6.07, 6.45) is 3.47. The second-order valence-corrected chi connectivity index (χ2v) is 10.9. The summed E-state index contributed by atoms with van der Waals surface area (Å²) in [6, 6.07) is 21.7. The van der Waals surface area contributed by atoms with E-state index < -0.39 is 0 Å². The highest BCUT2D eigenvalue weighted by molar-refractivity contribution is 5.98. The van der Waals surface area contributed by atoms with Gasteiger partial charge in [0.05, 0.1) is 20.6 Å². The lowest BCUT2D eigenvalue weighted by molar-refractivity contribution is -0.905. The molecule has 1 aliphatic heterocycles. The highest BCUT2D eigenvalue weighted by Gasteiger charge is 2.62. The number of fused-ring (bicyclic) bond motifs is 2. The second kappa shape index (κ2) is 8.40. The molecule has 2 fully saturated rings. The minimum atomic E-state index is -0.341. The fourth-order valence-corrected chi connectivity index (χ4v) is 6.59. The molecule has 34 heavy (non-hydrogen) atoms. The van der Waals surface area contributed by atoms with Crippen molar-refractivity contribution < 1.29 is 19.1 Å². The maximum absolute atomic E-state index is 13.3. The van der Waals surface area contributed by atoms with Gasteiger partial charge in [0.25, 0.3) is 5.91 Å². The van der Waals surface area contributed by atoms with E-state index in [9.17, 15) is 9.90 Å². The number of quaternary nitrogens is 1. The number of methoxy groups -OCH3 is 1. The van der Waals surface area contributed by atoms with Crippen molar-refractivity contribution in [3.05, 3.63) is 77.9 Å². The van der Waals surface area contributed by atoms with E-state index in [4.69, 9.17) is 4.74 Å². The number of phenolic OH excluding ortho intramolecular Hbond substituents is 1. The summed E-state index contributed by atoms with van der Waals surface area (Å²) in [6.45, 7) is 1.93. The monoisotopic (exact) mass is 459 g/mol. The first-order valence-corrected chi connectivity index (χ1v) is 12.2. The number of aromatic hydroxyl groups is 1. The largest absolute Gasteiger partial charge is 0.508 e. The predicted octanol–water partition coefficient (Wildman–Crippen LogP) is 4.63. The lowest BCUT2D eigenvalue weighted by atomic mass is 9.54. The summed E-state index contributed by atoms with van der Waals surface area (Å²) in [4.78, 5) is 13.3. The number of amides is 1. The number of hydrogen-bond donors (Lipinski definition) is 2. The van der Waals surface area contributed by atoms with Crippen LogP contribution in [0.5, 0.6) is 5.75 Å². The minimum Gasteiger partial charge on any atom is -0.508 e. The van der Waals surface area contributed by atoms with Gasteiger partial charge in [-0.15, -0.1) is 0 Å². The van der Waals surface area contributed by atoms with Crippen LogP contribution in [0.25, 0.3) is 10.8 Å². The van der Waals surface area contributed by atoms with Crippen LogP contribution in [-0.2, 0) is 10.2 Å². The molecule has 0 radical (unpaired) electrons. The first-order valence-electron chi connectivity index (χ1n) is 12.2. The molecule has 3 aromatic rings. The number of carbonyl (C=O) groups excluding carboxylic acids is 1. The number of nitrogens with one attached hydrogen (secondary N) is 1. The van der Waals surface area contributed by atoms with Gasteiger partial charge in [0, 0.05) is 30.6 Å². The maximum atomic E-state index is 13.3. The van der Waals surface area contributed by atoms with Crippen molar-refractivity contribution in [3.63, 3.8) is 0 Å². The highest BCUT2D eigenvalue weighted by Crippen LogP contribution is 2.54. The van der Waals surface area contributed by atoms with Crippen molar-refractivity contribution >= 4 is 16.7 Å². The number of hydrogen-bond acceptors (Lipinski definition) is 3. The van der Waals surface area contributed by atoms with Crippen LogP contribution in [0.4, 0.5) is 0 Å². The topological polar surface area (TPSA) is 58.6 Å². The van der Waals surface area contributed by atoms with E-state index >= 15 is 0 Å². The number of likely N-dealkylation sites (tertiary alicyclic amines) is 1. The number of benzene rings is 3. The Morgan fingerprint density at radius 3 is 2.59 bits per heavy atom. The Labute approximate surface area is 201 Å². The van der Waals surface area contributed by atoms with Crippen molar-refractivity contribution in [1.29, 1.82) is 0 Å². The van der Waals surface area contributed by atoms with E-state index in [-0.39, 0.29) is 28.7 Å². The number of piperidine rings is 1. The molecule has 1 aliphatic carbocycles. The van der Waals surface area contributed by atoms with Gasteiger partial charge < -0.3 is 19.6 Å². The molecule has 1 saturated carbocycles. The summed E-state index contributed by atoms with van der Waals surface area (Å²) in [5, 5.41) is 15.9. The molecule has 0 aromatic heterocycles. The van der Waals surface area contributed by atoms with Gasteiger partial charge in [-0.1, -0.05) is 42.5 Å². The molecule has 3 aromatic carbocycles. The van der Waals surface area contributed by atoms with Gasteiger partial charge >= 0.3 is 0 Å². The number of rotatable bonds is 4. The van der Waals surface area contributed by atoms with Crippen LogP contribution in [0.15, 0.2) is 66.7 Å². The minimum absolute atomic E-state index is 0.0290. The zero-order chi connectivity index (χ0) is 24.0. The standard InChI is InChI=1S/C29H34N2O3/c1-31(2)16-15-28(24-9-6-10-26(32)18-24)19-25(13-14-29(28,20-31)34-3)30-27(33)23-12-11-21-7-4-5-8-22(21)17-23/h4-12,17-18,25H,13-16,19-20H2,1-3H3,(H-,30,32,33)/p+1/t25-,28+,29+/m1/s1. The average molecular weight is 460 g/mol. The van der Waals surface area contributed by atoms with Gasteiger partial charge in [-0.05, 0) is 59.9 Å². The SMILES string of the molecule is CO[C@]12CC[C@@H](NC(=O)c3ccc4ccccc4c3)C[C@]1(c1cccc(O)c1)CC[N+](C)(C)C2. The second-order valence-electron chi connectivity index (χ2n) is 10.9. The van der Waals surface area contributed by atoms with Crippen LogP contribution < -0.4 is 5.32 Å². The fourth-order valence-electron chi connectivity index (χ4n) is 6.59. The van der Waals surface area contributed by atoms with Crippen LogP contribution in [0.3, 0.4) is 0 Å². The Morgan fingerprint density at radius 1 is 1.03 bits per heavy atom. The summed E-state index contributed by atoms with van der Waals surface area (Å²) in [5.74, 6) is 0.247. The predicted molar refractivity (Wildman–Crippen MR) is 135 cm³/mol. The third kappa shape index (κ3) is 3.87. The first kappa shape index (κ1) is 22.9. The molecule has 0 bridgehead atoms. The number of likely N-dealkylation sites (N-methyl/N-ethyl adjacent to an activating group) is 1. The maximum Gasteiger partial charge on any atom is 0.251 e. The van der Waals surface area contributed by atoms with E-state index in [0.717, 1.165) is 59.6 Å². The molecule has 1 saturated heterocycles. The van der Waals surface area contributed by atoms with Gasteiger partial charge in [0.1, 0.15) is 17.9 Å². The summed E-state index contributed by atoms with van der Waals surface area (Å²) in [7, 11) is 6.36. The van der Waals surface area contributed by atoms with E-state index in [1.807, 2.05) is 55.6 Å². The van der Waals surface area contributed by atoms with Crippen molar-refractivity contribution in [1.82, 2.24) is 5.32 Å². The van der Waals surface area contributed by atoms with E-state index in [1.165, 1.54) is 0 Å². The van der Waals surface area contributed by atoms with Crippen LogP contribution in [0, 0.1) is 0 Å². The lowest BCUT2D eigenvalue weighted by Gasteiger charge is -2.60. The molecule has 3 atom stereocenters. The number of phenols is 1. The summed E-state index contributed by atoms with van der Waals surface area (Å²) in [5.41, 5.74) is 1.19. The Kier molecular flexibility index (Phi) is 5.65. The van der Waals surface area contributed by atoms with Gasteiger partial charge in [0.2, 0.25) is 0 Å². The van der Waals surface area contributed by atoms with Gasteiger partial charge in [0.15, 0.2) is 0 Å². The summed E-state index contributed by atoms with van der Waals surface area (Å²) < 4.78 is 7.30. The molecule has 0 unspecified atom stereocenters. The quantitative estimate of drug-likeness (QED) is 0.559. The molecule has 2 N–H and O–H groups in total. The van der Waals surface area contributed by atoms with Crippen LogP contribution in [0.1, 0.15) is 41.6 Å². The van der Waals surface area contributed by atoms with Crippen LogP contribution >= 0.6 is 0 Å². The molecule has 5 nitrogen and oxygen atoms in total. The Balaban J connectivity index is 1.46. The molecule has 1 heterocycles. The molecular formula is C29H35N2O3+. The fraction of sp³-hybridized carbons (Fsp3) is 0.414. The summed E-state index contributed by atoms with van der Waals surface area (Å²) >= 11 is 0. The van der Waals surface area contributed by atoms with Crippen LogP contribution in [0.2, 0.25) is 0 Å². The third-order valence-electron chi connectivity index (χ3n) is 8.33. The molecule has 2 aliphatic rings.